The van der Waals surface area contributed by atoms with Crippen LogP contribution in [0.1, 0.15) is 0 Å². The van der Waals surface area contributed by atoms with Crippen molar-refractivity contribution in [1.29, 1.82) is 0 Å². The maximum Gasteiger partial charge on any atom is 0.143 e. The molecule has 0 aliphatic rings. The third-order valence-corrected chi connectivity index (χ3v) is 8.47. The van der Waals surface area contributed by atoms with Crippen molar-refractivity contribution in [3.63, 3.8) is 0 Å². The molecule has 9 rings (SSSR count). The first kappa shape index (κ1) is 23.9. The summed E-state index contributed by atoms with van der Waals surface area (Å²) in [7, 11) is 0. The number of rotatable bonds is 3. The minimum atomic E-state index is 0.887. The Hall–Kier alpha value is -5.80. The highest BCUT2D eigenvalue weighted by molar-refractivity contribution is 6.19. The number of hydrogen-bond acceptors (Lipinski definition) is 3. The van der Waals surface area contributed by atoms with Crippen LogP contribution in [0, 0.1) is 0 Å². The fourth-order valence-corrected chi connectivity index (χ4v) is 6.39. The van der Waals surface area contributed by atoms with E-state index in [4.69, 9.17) is 9.40 Å². The molecular formula is C40H24N2O. The fraction of sp³-hybridized carbons (Fsp3) is 0. The number of benzene rings is 6. The Labute approximate surface area is 247 Å². The van der Waals surface area contributed by atoms with E-state index in [-0.39, 0.29) is 0 Å². The van der Waals surface area contributed by atoms with Gasteiger partial charge in [-0.15, -0.1) is 0 Å². The van der Waals surface area contributed by atoms with Gasteiger partial charge >= 0.3 is 0 Å². The number of hydrogen-bond donors (Lipinski definition) is 0. The number of nitrogens with zero attached hydrogens (tertiary/aromatic N) is 2. The van der Waals surface area contributed by atoms with E-state index >= 15 is 0 Å². The van der Waals surface area contributed by atoms with E-state index in [1.54, 1.807) is 0 Å². The van der Waals surface area contributed by atoms with Crippen LogP contribution in [-0.2, 0) is 0 Å². The van der Waals surface area contributed by atoms with Crippen LogP contribution in [0.4, 0.5) is 0 Å². The van der Waals surface area contributed by atoms with Crippen LogP contribution in [0.15, 0.2) is 150 Å². The van der Waals surface area contributed by atoms with Gasteiger partial charge in [0.2, 0.25) is 0 Å². The summed E-state index contributed by atoms with van der Waals surface area (Å²) in [6, 6.07) is 49.0. The van der Waals surface area contributed by atoms with Gasteiger partial charge in [-0.3, -0.25) is 4.98 Å². The van der Waals surface area contributed by atoms with Crippen molar-refractivity contribution < 1.29 is 4.42 Å². The molecule has 3 aromatic heterocycles. The highest BCUT2D eigenvalue weighted by Crippen LogP contribution is 2.42. The van der Waals surface area contributed by atoms with E-state index in [9.17, 15) is 0 Å². The minimum Gasteiger partial charge on any atom is -0.455 e. The van der Waals surface area contributed by atoms with Crippen LogP contribution >= 0.6 is 0 Å². The quantitative estimate of drug-likeness (QED) is 0.206. The van der Waals surface area contributed by atoms with Gasteiger partial charge in [0, 0.05) is 38.9 Å². The average molecular weight is 549 g/mol. The Morgan fingerprint density at radius 1 is 0.442 bits per heavy atom. The Bertz CT molecular complexity index is 2510. The molecule has 0 radical (unpaired) electrons. The first-order valence-corrected chi connectivity index (χ1v) is 14.5. The van der Waals surface area contributed by atoms with Gasteiger partial charge in [0.25, 0.3) is 0 Å². The molecule has 3 nitrogen and oxygen atoms in total. The molecule has 0 N–H and O–H groups in total. The van der Waals surface area contributed by atoms with E-state index in [1.807, 2.05) is 18.3 Å². The van der Waals surface area contributed by atoms with Gasteiger partial charge < -0.3 is 4.42 Å². The van der Waals surface area contributed by atoms with Crippen molar-refractivity contribution in [2.45, 2.75) is 0 Å². The summed E-state index contributed by atoms with van der Waals surface area (Å²) in [5.74, 6) is 0. The lowest BCUT2D eigenvalue weighted by atomic mass is 9.93. The van der Waals surface area contributed by atoms with E-state index in [0.717, 1.165) is 71.5 Å². The van der Waals surface area contributed by atoms with Crippen molar-refractivity contribution >= 4 is 54.5 Å². The molecule has 3 heterocycles. The molecule has 0 unspecified atom stereocenters. The van der Waals surface area contributed by atoms with Crippen molar-refractivity contribution in [3.05, 3.63) is 146 Å². The lowest BCUT2D eigenvalue weighted by Crippen LogP contribution is -1.90. The van der Waals surface area contributed by atoms with E-state index < -0.39 is 0 Å². The van der Waals surface area contributed by atoms with E-state index in [2.05, 4.69) is 132 Å². The van der Waals surface area contributed by atoms with Crippen molar-refractivity contribution in [2.75, 3.05) is 0 Å². The predicted octanol–water partition coefficient (Wildman–Crippen LogP) is 10.8. The molecule has 0 amide bonds. The topological polar surface area (TPSA) is 38.9 Å². The van der Waals surface area contributed by atoms with Crippen molar-refractivity contribution in [2.24, 2.45) is 0 Å². The molecule has 0 fully saturated rings. The van der Waals surface area contributed by atoms with Gasteiger partial charge in [0.1, 0.15) is 11.2 Å². The SMILES string of the molecule is c1ccc(-c2ccc3oc4c(-c5cccc(-c6ccc7ccc8cccnc8c7n6)c5)c5ccccc5cc4c3c2)cc1. The van der Waals surface area contributed by atoms with Crippen molar-refractivity contribution in [1.82, 2.24) is 9.97 Å². The zero-order valence-electron chi connectivity index (χ0n) is 23.2. The smallest absolute Gasteiger partial charge is 0.143 e. The fourth-order valence-electron chi connectivity index (χ4n) is 6.39. The molecule has 0 saturated carbocycles. The summed E-state index contributed by atoms with van der Waals surface area (Å²) in [6.07, 6.45) is 1.83. The average Bonchev–Trinajstić information content (AvgIpc) is 3.44. The molecule has 43 heavy (non-hydrogen) atoms. The van der Waals surface area contributed by atoms with Gasteiger partial charge in [-0.2, -0.15) is 0 Å². The Morgan fingerprint density at radius 2 is 1.21 bits per heavy atom. The first-order chi connectivity index (χ1) is 21.3. The molecule has 0 spiro atoms. The van der Waals surface area contributed by atoms with Crippen LogP contribution in [-0.4, -0.2) is 9.97 Å². The van der Waals surface area contributed by atoms with Gasteiger partial charge in [-0.25, -0.2) is 4.98 Å². The Kier molecular flexibility index (Phi) is 5.20. The van der Waals surface area contributed by atoms with Crippen LogP contribution < -0.4 is 0 Å². The summed E-state index contributed by atoms with van der Waals surface area (Å²) in [5.41, 5.74) is 10.2. The lowest BCUT2D eigenvalue weighted by Gasteiger charge is -2.11. The maximum absolute atomic E-state index is 6.66. The minimum absolute atomic E-state index is 0.887. The number of fused-ring (bicyclic) bond motifs is 7. The molecule has 0 aliphatic carbocycles. The number of pyridine rings is 2. The molecule has 0 atom stereocenters. The third-order valence-electron chi connectivity index (χ3n) is 8.47. The second-order valence-electron chi connectivity index (χ2n) is 11.0. The van der Waals surface area contributed by atoms with Crippen LogP contribution in [0.5, 0.6) is 0 Å². The summed E-state index contributed by atoms with van der Waals surface area (Å²) >= 11 is 0. The normalized spacial score (nSPS) is 11.7. The van der Waals surface area contributed by atoms with E-state index in [0.29, 0.717) is 0 Å². The van der Waals surface area contributed by atoms with Gasteiger partial charge in [-0.05, 0) is 63.9 Å². The third kappa shape index (κ3) is 3.83. The molecule has 0 bridgehead atoms. The summed E-state index contributed by atoms with van der Waals surface area (Å²) < 4.78 is 6.66. The summed E-state index contributed by atoms with van der Waals surface area (Å²) in [5, 5.41) is 6.76. The predicted molar refractivity (Wildman–Crippen MR) is 178 cm³/mol. The highest BCUT2D eigenvalue weighted by atomic mass is 16.3. The standard InChI is InChI=1S/C40H24N2O/c1-2-8-25(9-3-1)28-18-20-36-33(23-28)34-24-29-10-4-5-14-32(29)37(40(34)43-36)31-12-6-11-30(22-31)35-19-17-27-16-15-26-13-7-21-41-38(26)39(27)42-35/h1-24H. The van der Waals surface area contributed by atoms with E-state index in [1.165, 1.54) is 16.5 Å². The largest absolute Gasteiger partial charge is 0.455 e. The second-order valence-corrected chi connectivity index (χ2v) is 11.0. The van der Waals surface area contributed by atoms with Crippen molar-refractivity contribution in [3.8, 4) is 33.5 Å². The highest BCUT2D eigenvalue weighted by Gasteiger charge is 2.18. The zero-order valence-corrected chi connectivity index (χ0v) is 23.2. The Morgan fingerprint density at radius 3 is 2.14 bits per heavy atom. The van der Waals surface area contributed by atoms with Crippen LogP contribution in [0.25, 0.3) is 88.0 Å². The summed E-state index contributed by atoms with van der Waals surface area (Å²) in [6.45, 7) is 0. The van der Waals surface area contributed by atoms with Gasteiger partial charge in [0.05, 0.1) is 16.7 Å². The Balaban J connectivity index is 1.27. The van der Waals surface area contributed by atoms with Gasteiger partial charge in [0.15, 0.2) is 0 Å². The zero-order chi connectivity index (χ0) is 28.3. The molecule has 200 valence electrons. The monoisotopic (exact) mass is 548 g/mol. The molecular weight excluding hydrogens is 524 g/mol. The van der Waals surface area contributed by atoms with Crippen LogP contribution in [0.2, 0.25) is 0 Å². The number of furan rings is 1. The lowest BCUT2D eigenvalue weighted by molar-refractivity contribution is 0.670. The molecule has 3 heteroatoms. The molecule has 0 saturated heterocycles. The molecule has 6 aromatic carbocycles. The number of aromatic nitrogens is 2. The molecule has 0 aliphatic heterocycles. The molecule has 9 aromatic rings. The van der Waals surface area contributed by atoms with Crippen LogP contribution in [0.3, 0.4) is 0 Å². The maximum atomic E-state index is 6.66. The van der Waals surface area contributed by atoms with Gasteiger partial charge in [-0.1, -0.05) is 103 Å². The second kappa shape index (κ2) is 9.37. The first-order valence-electron chi connectivity index (χ1n) is 14.5. The summed E-state index contributed by atoms with van der Waals surface area (Å²) in [4.78, 5) is 9.77.